The monoisotopic (exact) mass is 411 g/mol. The van der Waals surface area contributed by atoms with Crippen molar-refractivity contribution in [2.75, 3.05) is 27.7 Å². The molecule has 2 aromatic heterocycles. The molecule has 0 spiro atoms. The summed E-state index contributed by atoms with van der Waals surface area (Å²) in [6.45, 7) is 2.98. The lowest BCUT2D eigenvalue weighted by Gasteiger charge is -2.14. The molecule has 0 aliphatic carbocycles. The van der Waals surface area contributed by atoms with Gasteiger partial charge in [-0.25, -0.2) is 9.97 Å². The van der Waals surface area contributed by atoms with Crippen LogP contribution < -0.4 is 4.74 Å². The first kappa shape index (κ1) is 20.6. The first-order valence-electron chi connectivity index (χ1n) is 10.2. The molecule has 0 atom stereocenters. The summed E-state index contributed by atoms with van der Waals surface area (Å²) < 4.78 is 7.70. The highest BCUT2D eigenvalue weighted by atomic mass is 16.5. The van der Waals surface area contributed by atoms with Gasteiger partial charge in [-0.05, 0) is 33.2 Å². The van der Waals surface area contributed by atoms with Crippen LogP contribution in [0.2, 0.25) is 0 Å². The van der Waals surface area contributed by atoms with Crippen molar-refractivity contribution in [3.05, 3.63) is 71.5 Å². The predicted molar refractivity (Wildman–Crippen MR) is 122 cm³/mol. The topological polar surface area (TPSA) is 66.4 Å². The van der Waals surface area contributed by atoms with Gasteiger partial charge >= 0.3 is 0 Å². The Morgan fingerprint density at radius 3 is 2.29 bits per heavy atom. The van der Waals surface area contributed by atoms with Gasteiger partial charge in [-0.15, -0.1) is 0 Å². The third-order valence-electron chi connectivity index (χ3n) is 5.25. The smallest absolute Gasteiger partial charge is 0.258 e. The average molecular weight is 412 g/mol. The molecule has 6 heteroatoms. The molecule has 0 radical (unpaired) electrons. The van der Waals surface area contributed by atoms with Crippen molar-refractivity contribution < 1.29 is 4.74 Å². The lowest BCUT2D eigenvalue weighted by Crippen LogP contribution is -2.15. The highest BCUT2D eigenvalue weighted by Crippen LogP contribution is 2.35. The molecule has 6 nitrogen and oxygen atoms in total. The number of fused-ring (bicyclic) bond motifs is 1. The summed E-state index contributed by atoms with van der Waals surface area (Å²) in [7, 11) is 5.72. The summed E-state index contributed by atoms with van der Waals surface area (Å²) in [5, 5.41) is 9.17. The number of methoxy groups -OCH3 is 1. The normalized spacial score (nSPS) is 11.1. The van der Waals surface area contributed by atoms with Crippen LogP contribution in [0.15, 0.2) is 54.7 Å². The molecule has 2 heterocycles. The molecule has 2 aromatic carbocycles. The Balaban J connectivity index is 1.99. The zero-order valence-corrected chi connectivity index (χ0v) is 18.3. The van der Waals surface area contributed by atoms with Crippen molar-refractivity contribution >= 4 is 5.65 Å². The molecule has 0 aliphatic heterocycles. The Morgan fingerprint density at radius 1 is 1.00 bits per heavy atom. The first-order chi connectivity index (χ1) is 15.0. The van der Waals surface area contributed by atoms with Crippen molar-refractivity contribution in [2.24, 2.45) is 0 Å². The van der Waals surface area contributed by atoms with Gasteiger partial charge in [-0.3, -0.25) is 4.40 Å². The van der Waals surface area contributed by atoms with Crippen LogP contribution in [0.5, 0.6) is 5.88 Å². The summed E-state index contributed by atoms with van der Waals surface area (Å²) in [5.41, 5.74) is 7.18. The van der Waals surface area contributed by atoms with E-state index >= 15 is 0 Å². The minimum absolute atomic E-state index is 0.478. The molecular formula is C25H25N5O. The van der Waals surface area contributed by atoms with E-state index in [2.05, 4.69) is 66.9 Å². The summed E-state index contributed by atoms with van der Waals surface area (Å²) in [5.74, 6) is 0.478. The largest absolute Gasteiger partial charge is 0.478 e. The Kier molecular flexibility index (Phi) is 5.70. The highest BCUT2D eigenvalue weighted by molar-refractivity contribution is 5.81. The van der Waals surface area contributed by atoms with Gasteiger partial charge in [0.15, 0.2) is 0 Å². The molecule has 4 aromatic rings. The minimum Gasteiger partial charge on any atom is -0.478 e. The molecule has 156 valence electrons. The van der Waals surface area contributed by atoms with Crippen molar-refractivity contribution in [3.63, 3.8) is 0 Å². The van der Waals surface area contributed by atoms with E-state index in [0.717, 1.165) is 41.2 Å². The molecule has 0 saturated heterocycles. The van der Waals surface area contributed by atoms with Crippen LogP contribution in [0.4, 0.5) is 0 Å². The molecular weight excluding hydrogens is 386 g/mol. The van der Waals surface area contributed by atoms with E-state index in [1.807, 2.05) is 24.3 Å². The standard InChI is InChI=1S/C25H25N5O/c1-17-5-9-20(10-6-17)23-22(19-11-7-18(15-26)8-12-19)28-25(31-4)24-27-21(16-30(23)24)13-14-29(2)3/h5-12,16H,13-14H2,1-4H3. The van der Waals surface area contributed by atoms with Gasteiger partial charge in [0.1, 0.15) is 0 Å². The predicted octanol–water partition coefficient (Wildman–Crippen LogP) is 4.36. The minimum atomic E-state index is 0.478. The van der Waals surface area contributed by atoms with E-state index in [9.17, 15) is 5.26 Å². The van der Waals surface area contributed by atoms with E-state index in [4.69, 9.17) is 14.7 Å². The summed E-state index contributed by atoms with van der Waals surface area (Å²) in [6, 6.07) is 18.0. The Bertz CT molecular complexity index is 1250. The van der Waals surface area contributed by atoms with Gasteiger partial charge in [-0.2, -0.15) is 5.26 Å². The maximum Gasteiger partial charge on any atom is 0.258 e. The second-order valence-corrected chi connectivity index (χ2v) is 7.85. The van der Waals surface area contributed by atoms with E-state index < -0.39 is 0 Å². The van der Waals surface area contributed by atoms with Gasteiger partial charge in [-0.1, -0.05) is 42.0 Å². The van der Waals surface area contributed by atoms with E-state index in [1.165, 1.54) is 5.56 Å². The summed E-state index contributed by atoms with van der Waals surface area (Å²) in [4.78, 5) is 11.8. The number of imidazole rings is 1. The number of benzene rings is 2. The Labute approximate surface area is 182 Å². The van der Waals surface area contributed by atoms with Crippen molar-refractivity contribution in [2.45, 2.75) is 13.3 Å². The van der Waals surface area contributed by atoms with Crippen LogP contribution in [0.1, 0.15) is 16.8 Å². The van der Waals surface area contributed by atoms with Crippen LogP contribution in [0, 0.1) is 18.3 Å². The number of aryl methyl sites for hydroxylation is 1. The first-order valence-corrected chi connectivity index (χ1v) is 10.2. The molecule has 0 amide bonds. The molecule has 0 N–H and O–H groups in total. The second-order valence-electron chi connectivity index (χ2n) is 7.85. The van der Waals surface area contributed by atoms with Gasteiger partial charge in [0, 0.05) is 30.3 Å². The number of nitriles is 1. The van der Waals surface area contributed by atoms with E-state index in [0.29, 0.717) is 17.1 Å². The lowest BCUT2D eigenvalue weighted by atomic mass is 10.0. The average Bonchev–Trinajstić information content (AvgIpc) is 3.21. The van der Waals surface area contributed by atoms with Gasteiger partial charge < -0.3 is 9.64 Å². The fourth-order valence-corrected chi connectivity index (χ4v) is 3.56. The summed E-state index contributed by atoms with van der Waals surface area (Å²) >= 11 is 0. The molecule has 0 aliphatic rings. The molecule has 0 fully saturated rings. The maximum atomic E-state index is 9.17. The Morgan fingerprint density at radius 2 is 1.68 bits per heavy atom. The molecule has 0 unspecified atom stereocenters. The van der Waals surface area contributed by atoms with Crippen LogP contribution >= 0.6 is 0 Å². The number of likely N-dealkylation sites (N-methyl/N-ethyl adjacent to an activating group) is 1. The van der Waals surface area contributed by atoms with Gasteiger partial charge in [0.25, 0.3) is 5.88 Å². The maximum absolute atomic E-state index is 9.17. The number of aromatic nitrogens is 3. The molecule has 0 bridgehead atoms. The fourth-order valence-electron chi connectivity index (χ4n) is 3.56. The van der Waals surface area contributed by atoms with E-state index in [1.54, 1.807) is 7.11 Å². The number of nitrogens with zero attached hydrogens (tertiary/aromatic N) is 5. The van der Waals surface area contributed by atoms with Crippen LogP contribution in [0.25, 0.3) is 28.2 Å². The Hall–Kier alpha value is -3.69. The van der Waals surface area contributed by atoms with Crippen LogP contribution in [0.3, 0.4) is 0 Å². The van der Waals surface area contributed by atoms with Crippen molar-refractivity contribution in [1.82, 2.24) is 19.3 Å². The highest BCUT2D eigenvalue weighted by Gasteiger charge is 2.20. The number of rotatable bonds is 6. The SMILES string of the molecule is COc1nc(-c2ccc(C#N)cc2)c(-c2ccc(C)cc2)n2cc(CCN(C)C)nc12. The quantitative estimate of drug-likeness (QED) is 0.472. The van der Waals surface area contributed by atoms with Crippen LogP contribution in [-0.4, -0.2) is 47.0 Å². The third-order valence-corrected chi connectivity index (χ3v) is 5.25. The number of hydrogen-bond acceptors (Lipinski definition) is 5. The zero-order chi connectivity index (χ0) is 22.0. The number of ether oxygens (including phenoxy) is 1. The van der Waals surface area contributed by atoms with Crippen molar-refractivity contribution in [3.8, 4) is 34.5 Å². The van der Waals surface area contributed by atoms with Gasteiger partial charge in [0.2, 0.25) is 5.65 Å². The van der Waals surface area contributed by atoms with Gasteiger partial charge in [0.05, 0.1) is 35.8 Å². The molecule has 31 heavy (non-hydrogen) atoms. The van der Waals surface area contributed by atoms with E-state index in [-0.39, 0.29) is 0 Å². The molecule has 4 rings (SSSR count). The summed E-state index contributed by atoms with van der Waals surface area (Å²) in [6.07, 6.45) is 2.91. The third kappa shape index (κ3) is 4.14. The number of hydrogen-bond donors (Lipinski definition) is 0. The second kappa shape index (κ2) is 8.58. The van der Waals surface area contributed by atoms with Crippen molar-refractivity contribution in [1.29, 1.82) is 5.26 Å². The lowest BCUT2D eigenvalue weighted by molar-refractivity contribution is 0.400. The molecule has 0 saturated carbocycles. The fraction of sp³-hybridized carbons (Fsp3) is 0.240. The zero-order valence-electron chi connectivity index (χ0n) is 18.3. The van der Waals surface area contributed by atoms with Crippen LogP contribution in [-0.2, 0) is 6.42 Å².